The van der Waals surface area contributed by atoms with Gasteiger partial charge in [0.05, 0.1) is 0 Å². The minimum absolute atomic E-state index is 0.694. The third kappa shape index (κ3) is 4.09. The maximum atomic E-state index is 5.88. The van der Waals surface area contributed by atoms with E-state index < -0.39 is 0 Å². The van der Waals surface area contributed by atoms with Crippen LogP contribution >= 0.6 is 0 Å². The molecule has 0 aromatic rings. The normalized spacial score (nSPS) is 22.2. The van der Waals surface area contributed by atoms with Crippen molar-refractivity contribution >= 4 is 0 Å². The average molecular weight is 213 g/mol. The van der Waals surface area contributed by atoms with Crippen LogP contribution in [-0.4, -0.2) is 56.6 Å². The molecule has 15 heavy (non-hydrogen) atoms. The van der Waals surface area contributed by atoms with E-state index >= 15 is 0 Å². The van der Waals surface area contributed by atoms with Crippen molar-refractivity contribution in [2.75, 3.05) is 46.8 Å². The number of likely N-dealkylation sites (tertiary alicyclic amines) is 1. The summed E-state index contributed by atoms with van der Waals surface area (Å²) in [6.07, 6.45) is 2.67. The molecule has 0 bridgehead atoms. The second-order valence-electron chi connectivity index (χ2n) is 5.03. The summed E-state index contributed by atoms with van der Waals surface area (Å²) in [5.41, 5.74) is 5.88. The molecule has 1 fully saturated rings. The fourth-order valence-electron chi connectivity index (χ4n) is 2.63. The highest BCUT2D eigenvalue weighted by molar-refractivity contribution is 4.79. The van der Waals surface area contributed by atoms with Crippen LogP contribution in [0.5, 0.6) is 0 Å². The van der Waals surface area contributed by atoms with Crippen molar-refractivity contribution in [3.63, 3.8) is 0 Å². The Balaban J connectivity index is 2.35. The third-order valence-electron chi connectivity index (χ3n) is 3.65. The van der Waals surface area contributed by atoms with Gasteiger partial charge in [0, 0.05) is 6.54 Å². The monoisotopic (exact) mass is 213 g/mol. The van der Waals surface area contributed by atoms with Crippen LogP contribution in [0.1, 0.15) is 19.8 Å². The van der Waals surface area contributed by atoms with Gasteiger partial charge >= 0.3 is 0 Å². The van der Waals surface area contributed by atoms with Crippen molar-refractivity contribution < 1.29 is 0 Å². The molecule has 90 valence electrons. The summed E-state index contributed by atoms with van der Waals surface area (Å²) in [7, 11) is 4.29. The zero-order valence-electron chi connectivity index (χ0n) is 10.6. The Morgan fingerprint density at radius 1 is 1.33 bits per heavy atom. The third-order valence-corrected chi connectivity index (χ3v) is 3.65. The molecule has 0 radical (unpaired) electrons. The molecule has 1 aliphatic rings. The zero-order chi connectivity index (χ0) is 11.3. The first-order valence-corrected chi connectivity index (χ1v) is 6.24. The lowest BCUT2D eigenvalue weighted by atomic mass is 9.84. The molecule has 1 aliphatic heterocycles. The number of nitrogens with zero attached hydrogens (tertiary/aromatic N) is 2. The van der Waals surface area contributed by atoms with E-state index in [0.29, 0.717) is 5.92 Å². The molecule has 0 amide bonds. The average Bonchev–Trinajstić information content (AvgIpc) is 2.26. The Hall–Kier alpha value is -0.120. The summed E-state index contributed by atoms with van der Waals surface area (Å²) >= 11 is 0. The van der Waals surface area contributed by atoms with E-state index in [4.69, 9.17) is 5.73 Å². The number of hydrogen-bond acceptors (Lipinski definition) is 3. The van der Waals surface area contributed by atoms with E-state index in [1.54, 1.807) is 0 Å². The minimum Gasteiger partial charge on any atom is -0.330 e. The van der Waals surface area contributed by atoms with Crippen LogP contribution in [0, 0.1) is 11.8 Å². The van der Waals surface area contributed by atoms with Gasteiger partial charge in [-0.25, -0.2) is 0 Å². The van der Waals surface area contributed by atoms with E-state index in [1.807, 2.05) is 0 Å². The van der Waals surface area contributed by atoms with E-state index in [0.717, 1.165) is 19.0 Å². The largest absolute Gasteiger partial charge is 0.330 e. The van der Waals surface area contributed by atoms with E-state index in [-0.39, 0.29) is 0 Å². The number of hydrogen-bond donors (Lipinski definition) is 1. The number of nitrogens with two attached hydrogens (primary N) is 1. The highest BCUT2D eigenvalue weighted by Gasteiger charge is 2.25. The van der Waals surface area contributed by atoms with E-state index in [9.17, 15) is 0 Å². The lowest BCUT2D eigenvalue weighted by Crippen LogP contribution is -2.40. The molecule has 2 N–H and O–H groups in total. The van der Waals surface area contributed by atoms with Gasteiger partial charge in [0.25, 0.3) is 0 Å². The van der Waals surface area contributed by atoms with Crippen LogP contribution < -0.4 is 5.73 Å². The number of rotatable bonds is 5. The zero-order valence-corrected chi connectivity index (χ0v) is 10.6. The van der Waals surface area contributed by atoms with Gasteiger partial charge in [-0.05, 0) is 65.0 Å². The Labute approximate surface area is 94.6 Å². The van der Waals surface area contributed by atoms with E-state index in [1.165, 1.54) is 32.5 Å². The van der Waals surface area contributed by atoms with Gasteiger partial charge in [-0.15, -0.1) is 0 Å². The van der Waals surface area contributed by atoms with Gasteiger partial charge < -0.3 is 15.5 Å². The van der Waals surface area contributed by atoms with Crippen LogP contribution in [0.4, 0.5) is 0 Å². The first kappa shape index (κ1) is 12.9. The molecule has 0 saturated carbocycles. The summed E-state index contributed by atoms with van der Waals surface area (Å²) in [5.74, 6) is 1.54. The second-order valence-corrected chi connectivity index (χ2v) is 5.03. The Morgan fingerprint density at radius 3 is 2.33 bits per heavy atom. The topological polar surface area (TPSA) is 32.5 Å². The molecule has 0 aromatic heterocycles. The van der Waals surface area contributed by atoms with Crippen molar-refractivity contribution in [3.05, 3.63) is 0 Å². The number of piperidine rings is 1. The summed E-state index contributed by atoms with van der Waals surface area (Å²) in [4.78, 5) is 4.81. The quantitative estimate of drug-likeness (QED) is 0.735. The molecular formula is C12H27N3. The molecule has 1 atom stereocenters. The van der Waals surface area contributed by atoms with Gasteiger partial charge in [0.15, 0.2) is 0 Å². The molecule has 0 spiro atoms. The molecule has 3 heteroatoms. The summed E-state index contributed by atoms with van der Waals surface area (Å²) < 4.78 is 0. The second kappa shape index (κ2) is 6.46. The van der Waals surface area contributed by atoms with Crippen molar-refractivity contribution in [1.29, 1.82) is 0 Å². The van der Waals surface area contributed by atoms with Crippen LogP contribution in [0.15, 0.2) is 0 Å². The predicted octanol–water partition coefficient (Wildman–Crippen LogP) is 0.855. The highest BCUT2D eigenvalue weighted by Crippen LogP contribution is 2.24. The first-order valence-electron chi connectivity index (χ1n) is 6.24. The van der Waals surface area contributed by atoms with Gasteiger partial charge in [0.1, 0.15) is 0 Å². The molecule has 1 rings (SSSR count). The fraction of sp³-hybridized carbons (Fsp3) is 1.00. The van der Waals surface area contributed by atoms with Gasteiger partial charge in [-0.3, -0.25) is 0 Å². The fourth-order valence-corrected chi connectivity index (χ4v) is 2.63. The molecule has 3 nitrogen and oxygen atoms in total. The molecule has 1 unspecified atom stereocenters. The maximum absolute atomic E-state index is 5.88. The van der Waals surface area contributed by atoms with Crippen molar-refractivity contribution in [2.45, 2.75) is 19.8 Å². The summed E-state index contributed by atoms with van der Waals surface area (Å²) in [6.45, 7) is 7.98. The van der Waals surface area contributed by atoms with E-state index in [2.05, 4.69) is 30.8 Å². The molecule has 0 aliphatic carbocycles. The molecule has 1 saturated heterocycles. The SMILES string of the molecule is CCN1CCC(C(CN)CN(C)C)CC1. The standard InChI is InChI=1S/C12H27N3/c1-4-15-7-5-11(6-8-15)12(9-13)10-14(2)3/h11-12H,4-10,13H2,1-3H3. The Bertz CT molecular complexity index is 162. The minimum atomic E-state index is 0.694. The van der Waals surface area contributed by atoms with Crippen molar-refractivity contribution in [3.8, 4) is 0 Å². The Kier molecular flexibility index (Phi) is 5.58. The highest BCUT2D eigenvalue weighted by atomic mass is 15.1. The van der Waals surface area contributed by atoms with Crippen LogP contribution in [-0.2, 0) is 0 Å². The smallest absolute Gasteiger partial charge is 0.00183 e. The summed E-state index contributed by atoms with van der Waals surface area (Å²) in [6, 6.07) is 0. The van der Waals surface area contributed by atoms with Crippen LogP contribution in [0.25, 0.3) is 0 Å². The molecular weight excluding hydrogens is 186 g/mol. The van der Waals surface area contributed by atoms with Gasteiger partial charge in [-0.2, -0.15) is 0 Å². The van der Waals surface area contributed by atoms with Gasteiger partial charge in [0.2, 0.25) is 0 Å². The lowest BCUT2D eigenvalue weighted by Gasteiger charge is -2.36. The maximum Gasteiger partial charge on any atom is 0.00183 e. The van der Waals surface area contributed by atoms with Crippen molar-refractivity contribution in [1.82, 2.24) is 9.80 Å². The lowest BCUT2D eigenvalue weighted by molar-refractivity contribution is 0.138. The Morgan fingerprint density at radius 2 is 1.93 bits per heavy atom. The summed E-state index contributed by atoms with van der Waals surface area (Å²) in [5, 5.41) is 0. The van der Waals surface area contributed by atoms with Gasteiger partial charge in [-0.1, -0.05) is 6.92 Å². The first-order chi connectivity index (χ1) is 7.17. The molecule has 1 heterocycles. The van der Waals surface area contributed by atoms with Crippen LogP contribution in [0.2, 0.25) is 0 Å². The molecule has 0 aromatic carbocycles. The predicted molar refractivity (Wildman–Crippen MR) is 65.9 cm³/mol. The van der Waals surface area contributed by atoms with Crippen LogP contribution in [0.3, 0.4) is 0 Å². The van der Waals surface area contributed by atoms with Crippen molar-refractivity contribution in [2.24, 2.45) is 17.6 Å².